The molecule has 3 aromatic rings. The van der Waals surface area contributed by atoms with Gasteiger partial charge < -0.3 is 9.47 Å². The van der Waals surface area contributed by atoms with Crippen molar-refractivity contribution in [2.45, 2.75) is 6.61 Å². The topological polar surface area (TPSA) is 64.4 Å². The summed E-state index contributed by atoms with van der Waals surface area (Å²) in [6, 6.07) is 13.1. The lowest BCUT2D eigenvalue weighted by Gasteiger charge is -2.13. The Morgan fingerprint density at radius 3 is 2.84 bits per heavy atom. The minimum Gasteiger partial charge on any atom is -0.493 e. The predicted molar refractivity (Wildman–Crippen MR) is 99.2 cm³/mol. The number of nitrogens with zero attached hydrogens (tertiary/aromatic N) is 3. The number of ether oxygens (including phenoxy) is 2. The Morgan fingerprint density at radius 2 is 2.12 bits per heavy atom. The molecule has 0 spiro atoms. The quantitative estimate of drug-likeness (QED) is 0.522. The summed E-state index contributed by atoms with van der Waals surface area (Å²) in [5, 5.41) is 11.4. The van der Waals surface area contributed by atoms with Crippen LogP contribution in [0.25, 0.3) is 0 Å². The molecule has 3 rings (SSSR count). The van der Waals surface area contributed by atoms with Crippen LogP contribution in [0, 0.1) is 4.77 Å². The molecule has 0 aliphatic rings. The average Bonchev–Trinajstić information content (AvgIpc) is 3.04. The number of para-hydroxylation sites is 1. The standard InChI is InChI=1S/C17H15ClN4O2S/c1-23-15-8-4-6-12(9-20-22-11-19-21-17(22)25)16(15)24-10-13-5-2-3-7-14(13)18/h2-9,11H,10H2,1H3,(H,21,25)/b20-9+. The highest BCUT2D eigenvalue weighted by molar-refractivity contribution is 7.71. The molecule has 0 saturated carbocycles. The maximum absolute atomic E-state index is 6.19. The molecule has 0 aliphatic heterocycles. The first-order valence-corrected chi connectivity index (χ1v) is 8.17. The van der Waals surface area contributed by atoms with Crippen LogP contribution in [-0.4, -0.2) is 28.2 Å². The van der Waals surface area contributed by atoms with Crippen LogP contribution >= 0.6 is 23.8 Å². The average molecular weight is 375 g/mol. The summed E-state index contributed by atoms with van der Waals surface area (Å²) in [4.78, 5) is 0. The van der Waals surface area contributed by atoms with Gasteiger partial charge in [-0.25, -0.2) is 0 Å². The molecule has 0 atom stereocenters. The molecule has 6 nitrogen and oxygen atoms in total. The van der Waals surface area contributed by atoms with E-state index < -0.39 is 0 Å². The van der Waals surface area contributed by atoms with Crippen molar-refractivity contribution in [3.05, 3.63) is 69.7 Å². The van der Waals surface area contributed by atoms with Gasteiger partial charge in [0, 0.05) is 16.1 Å². The molecule has 1 N–H and O–H groups in total. The maximum Gasteiger partial charge on any atom is 0.216 e. The van der Waals surface area contributed by atoms with Gasteiger partial charge in [-0.15, -0.1) is 0 Å². The highest BCUT2D eigenvalue weighted by Gasteiger charge is 2.10. The summed E-state index contributed by atoms with van der Waals surface area (Å²) in [7, 11) is 1.59. The smallest absolute Gasteiger partial charge is 0.216 e. The van der Waals surface area contributed by atoms with Gasteiger partial charge in [-0.2, -0.15) is 14.9 Å². The number of aromatic amines is 1. The second-order valence-corrected chi connectivity index (χ2v) is 5.80. The Bertz CT molecular complexity index is 952. The number of rotatable bonds is 6. The van der Waals surface area contributed by atoms with Crippen molar-refractivity contribution < 1.29 is 9.47 Å². The summed E-state index contributed by atoms with van der Waals surface area (Å²) >= 11 is 11.3. The summed E-state index contributed by atoms with van der Waals surface area (Å²) in [6.45, 7) is 0.312. The Labute approximate surface area is 154 Å². The molecular weight excluding hydrogens is 360 g/mol. The molecule has 0 saturated heterocycles. The monoisotopic (exact) mass is 374 g/mol. The van der Waals surface area contributed by atoms with E-state index >= 15 is 0 Å². The fourth-order valence-corrected chi connectivity index (χ4v) is 2.50. The van der Waals surface area contributed by atoms with E-state index in [1.165, 1.54) is 11.0 Å². The van der Waals surface area contributed by atoms with E-state index in [1.54, 1.807) is 13.3 Å². The van der Waals surface area contributed by atoms with Gasteiger partial charge in [0.15, 0.2) is 11.5 Å². The molecule has 8 heteroatoms. The van der Waals surface area contributed by atoms with Crippen LogP contribution in [0.5, 0.6) is 11.5 Å². The van der Waals surface area contributed by atoms with Gasteiger partial charge in [0.2, 0.25) is 4.77 Å². The van der Waals surface area contributed by atoms with Gasteiger partial charge in [0.05, 0.1) is 13.3 Å². The molecule has 2 aromatic carbocycles. The molecule has 0 amide bonds. The van der Waals surface area contributed by atoms with Crippen molar-refractivity contribution in [1.29, 1.82) is 0 Å². The van der Waals surface area contributed by atoms with E-state index in [0.717, 1.165) is 11.1 Å². The first-order valence-electron chi connectivity index (χ1n) is 7.38. The molecule has 0 bridgehead atoms. The van der Waals surface area contributed by atoms with E-state index in [2.05, 4.69) is 15.3 Å². The fourth-order valence-electron chi connectivity index (χ4n) is 2.16. The van der Waals surface area contributed by atoms with Crippen molar-refractivity contribution in [1.82, 2.24) is 14.9 Å². The Hall–Kier alpha value is -2.64. The highest BCUT2D eigenvalue weighted by atomic mass is 35.5. The van der Waals surface area contributed by atoms with Crippen LogP contribution < -0.4 is 9.47 Å². The molecule has 1 aromatic heterocycles. The molecule has 0 aliphatic carbocycles. The molecule has 25 heavy (non-hydrogen) atoms. The number of hydrogen-bond donors (Lipinski definition) is 1. The Kier molecular flexibility index (Phi) is 5.47. The van der Waals surface area contributed by atoms with Crippen LogP contribution in [0.2, 0.25) is 5.02 Å². The third kappa shape index (κ3) is 4.07. The maximum atomic E-state index is 6.19. The largest absolute Gasteiger partial charge is 0.493 e. The van der Waals surface area contributed by atoms with Gasteiger partial charge in [0.25, 0.3) is 0 Å². The lowest BCUT2D eigenvalue weighted by Crippen LogP contribution is -2.02. The number of nitrogens with one attached hydrogen (secondary N) is 1. The van der Waals surface area contributed by atoms with Crippen LogP contribution in [0.3, 0.4) is 0 Å². The third-order valence-electron chi connectivity index (χ3n) is 3.42. The number of aromatic nitrogens is 3. The van der Waals surface area contributed by atoms with E-state index in [4.69, 9.17) is 33.3 Å². The van der Waals surface area contributed by atoms with E-state index in [0.29, 0.717) is 27.9 Å². The summed E-state index contributed by atoms with van der Waals surface area (Å²) < 4.78 is 13.2. The SMILES string of the molecule is COc1cccc(/C=N/n2cn[nH]c2=S)c1OCc1ccccc1Cl. The minimum absolute atomic E-state index is 0.312. The second-order valence-electron chi connectivity index (χ2n) is 5.01. The zero-order chi connectivity index (χ0) is 17.6. The molecular formula is C17H15ClN4O2S. The first-order chi connectivity index (χ1) is 12.2. The van der Waals surface area contributed by atoms with Gasteiger partial charge in [-0.1, -0.05) is 35.9 Å². The zero-order valence-electron chi connectivity index (χ0n) is 13.3. The summed E-state index contributed by atoms with van der Waals surface area (Å²) in [5.41, 5.74) is 1.63. The fraction of sp³-hybridized carbons (Fsp3) is 0.118. The predicted octanol–water partition coefficient (Wildman–Crippen LogP) is 4.06. The lowest BCUT2D eigenvalue weighted by molar-refractivity contribution is 0.284. The molecule has 0 unspecified atom stereocenters. The highest BCUT2D eigenvalue weighted by Crippen LogP contribution is 2.31. The summed E-state index contributed by atoms with van der Waals surface area (Å²) in [5.74, 6) is 1.18. The number of methoxy groups -OCH3 is 1. The molecule has 128 valence electrons. The van der Waals surface area contributed by atoms with Crippen LogP contribution in [0.4, 0.5) is 0 Å². The molecule has 0 radical (unpaired) electrons. The lowest BCUT2D eigenvalue weighted by atomic mass is 10.2. The van der Waals surface area contributed by atoms with Crippen molar-refractivity contribution >= 4 is 30.0 Å². The van der Waals surface area contributed by atoms with Gasteiger partial charge in [0.1, 0.15) is 12.9 Å². The van der Waals surface area contributed by atoms with Crippen molar-refractivity contribution in [3.63, 3.8) is 0 Å². The van der Waals surface area contributed by atoms with E-state index in [9.17, 15) is 0 Å². The summed E-state index contributed by atoms with van der Waals surface area (Å²) in [6.07, 6.45) is 3.12. The minimum atomic E-state index is 0.312. The van der Waals surface area contributed by atoms with Crippen LogP contribution in [0.15, 0.2) is 53.9 Å². The molecule has 1 heterocycles. The molecule has 0 fully saturated rings. The first kappa shape index (κ1) is 17.2. The van der Waals surface area contributed by atoms with Crippen molar-refractivity contribution in [2.75, 3.05) is 7.11 Å². The Morgan fingerprint density at radius 1 is 1.28 bits per heavy atom. The van der Waals surface area contributed by atoms with Crippen molar-refractivity contribution in [2.24, 2.45) is 5.10 Å². The van der Waals surface area contributed by atoms with Gasteiger partial charge in [-0.05, 0) is 30.4 Å². The third-order valence-corrected chi connectivity index (χ3v) is 4.06. The number of hydrogen-bond acceptors (Lipinski definition) is 5. The van der Waals surface area contributed by atoms with Crippen LogP contribution in [-0.2, 0) is 6.61 Å². The Balaban J connectivity index is 1.89. The van der Waals surface area contributed by atoms with Crippen LogP contribution in [0.1, 0.15) is 11.1 Å². The van der Waals surface area contributed by atoms with Crippen molar-refractivity contribution in [3.8, 4) is 11.5 Å². The second kappa shape index (κ2) is 7.96. The van der Waals surface area contributed by atoms with Gasteiger partial charge >= 0.3 is 0 Å². The van der Waals surface area contributed by atoms with E-state index in [1.807, 2.05) is 42.5 Å². The zero-order valence-corrected chi connectivity index (χ0v) is 14.9. The van der Waals surface area contributed by atoms with Gasteiger partial charge in [-0.3, -0.25) is 5.10 Å². The number of benzene rings is 2. The normalized spacial score (nSPS) is 11.0. The van der Waals surface area contributed by atoms with E-state index in [-0.39, 0.29) is 0 Å². The number of H-pyrrole nitrogens is 1. The number of halogens is 1.